The Bertz CT molecular complexity index is 690. The van der Waals surface area contributed by atoms with E-state index in [4.69, 9.17) is 0 Å². The number of carbonyl (C=O) groups excluding carboxylic acids is 2. The zero-order valence-electron chi connectivity index (χ0n) is 18.6. The zero-order chi connectivity index (χ0) is 21.3. The van der Waals surface area contributed by atoms with Gasteiger partial charge in [0, 0.05) is 38.8 Å². The third-order valence-electron chi connectivity index (χ3n) is 7.62. The first kappa shape index (κ1) is 21.3. The molecule has 7 nitrogen and oxygen atoms in total. The number of hydrogen-bond donors (Lipinski definition) is 2. The molecule has 2 amide bonds. The minimum atomic E-state index is -0.0893. The highest BCUT2D eigenvalue weighted by Crippen LogP contribution is 2.52. The highest BCUT2D eigenvalue weighted by atomic mass is 16.2. The maximum atomic E-state index is 12.7. The van der Waals surface area contributed by atoms with Crippen LogP contribution < -0.4 is 10.6 Å². The monoisotopic (exact) mass is 415 g/mol. The lowest BCUT2D eigenvalue weighted by molar-refractivity contribution is -0.140. The van der Waals surface area contributed by atoms with Crippen LogP contribution in [0.5, 0.6) is 0 Å². The van der Waals surface area contributed by atoms with Crippen LogP contribution in [-0.4, -0.2) is 72.9 Å². The first-order chi connectivity index (χ1) is 14.5. The van der Waals surface area contributed by atoms with Crippen molar-refractivity contribution in [2.24, 2.45) is 28.7 Å². The summed E-state index contributed by atoms with van der Waals surface area (Å²) in [7, 11) is 1.78. The number of guanidine groups is 1. The Balaban J connectivity index is 1.18. The summed E-state index contributed by atoms with van der Waals surface area (Å²) >= 11 is 0. The van der Waals surface area contributed by atoms with Gasteiger partial charge >= 0.3 is 0 Å². The van der Waals surface area contributed by atoms with E-state index in [1.807, 2.05) is 0 Å². The number of amides is 2. The molecule has 2 aliphatic carbocycles. The Morgan fingerprint density at radius 1 is 1.17 bits per heavy atom. The molecule has 0 radical (unpaired) electrons. The number of aliphatic imine (C=N–C) groups is 1. The van der Waals surface area contributed by atoms with E-state index in [0.717, 1.165) is 25.3 Å². The van der Waals surface area contributed by atoms with Gasteiger partial charge in [-0.1, -0.05) is 18.6 Å². The molecule has 0 aromatic heterocycles. The molecule has 4 rings (SSSR count). The molecule has 2 aliphatic heterocycles. The van der Waals surface area contributed by atoms with E-state index in [1.54, 1.807) is 7.05 Å². The number of imide groups is 1. The quantitative estimate of drug-likeness (QED) is 0.217. The van der Waals surface area contributed by atoms with Crippen LogP contribution in [0.2, 0.25) is 0 Å². The minimum Gasteiger partial charge on any atom is -0.356 e. The maximum absolute atomic E-state index is 12.7. The third-order valence-corrected chi connectivity index (χ3v) is 7.62. The standard InChI is InChI=1S/C23H37N5O2/c1-15-7-4-5-11-27(15)16(2)14-26-23(24-3)25-10-6-12-28-21(29)19-17-8-9-18(13-17)20(19)22(28)30/h8-9,15-20H,4-7,10-14H2,1-3H3,(H2,24,25,26). The van der Waals surface area contributed by atoms with Crippen molar-refractivity contribution < 1.29 is 9.59 Å². The van der Waals surface area contributed by atoms with Gasteiger partial charge in [-0.3, -0.25) is 24.4 Å². The van der Waals surface area contributed by atoms with Gasteiger partial charge in [0.05, 0.1) is 11.8 Å². The fourth-order valence-corrected chi connectivity index (χ4v) is 5.99. The van der Waals surface area contributed by atoms with E-state index in [1.165, 1.54) is 30.7 Å². The summed E-state index contributed by atoms with van der Waals surface area (Å²) in [5.41, 5.74) is 0. The molecule has 166 valence electrons. The van der Waals surface area contributed by atoms with E-state index < -0.39 is 0 Å². The van der Waals surface area contributed by atoms with E-state index >= 15 is 0 Å². The summed E-state index contributed by atoms with van der Waals surface area (Å²) in [6, 6.07) is 1.10. The minimum absolute atomic E-state index is 0.0498. The van der Waals surface area contributed by atoms with Crippen LogP contribution in [0.25, 0.3) is 0 Å². The molecule has 0 aromatic rings. The number of rotatable bonds is 7. The number of carbonyl (C=O) groups is 2. The lowest BCUT2D eigenvalue weighted by Gasteiger charge is -2.38. The largest absolute Gasteiger partial charge is 0.356 e. The van der Waals surface area contributed by atoms with Crippen LogP contribution in [0.15, 0.2) is 17.1 Å². The molecule has 30 heavy (non-hydrogen) atoms. The van der Waals surface area contributed by atoms with Crippen LogP contribution in [0.4, 0.5) is 0 Å². The van der Waals surface area contributed by atoms with Crippen molar-refractivity contribution in [2.45, 2.75) is 58.0 Å². The number of nitrogens with one attached hydrogen (secondary N) is 2. The number of piperidine rings is 1. The highest BCUT2D eigenvalue weighted by Gasteiger charge is 2.58. The van der Waals surface area contributed by atoms with Crippen LogP contribution in [0.3, 0.4) is 0 Å². The van der Waals surface area contributed by atoms with Crippen LogP contribution in [0, 0.1) is 23.7 Å². The summed E-state index contributed by atoms with van der Waals surface area (Å²) in [6.07, 6.45) is 9.91. The number of likely N-dealkylation sites (tertiary alicyclic amines) is 2. The summed E-state index contributed by atoms with van der Waals surface area (Å²) < 4.78 is 0. The molecule has 2 heterocycles. The Kier molecular flexibility index (Phi) is 6.46. The van der Waals surface area contributed by atoms with Crippen molar-refractivity contribution in [3.63, 3.8) is 0 Å². The SMILES string of the molecule is CN=C(NCCCN1C(=O)C2C3C=CC(C3)C2C1=O)NCC(C)N1CCCCC1C. The molecule has 0 spiro atoms. The molecular weight excluding hydrogens is 378 g/mol. The van der Waals surface area contributed by atoms with Gasteiger partial charge < -0.3 is 10.6 Å². The molecule has 2 bridgehead atoms. The van der Waals surface area contributed by atoms with Gasteiger partial charge in [0.25, 0.3) is 0 Å². The molecule has 6 atom stereocenters. The van der Waals surface area contributed by atoms with Gasteiger partial charge in [-0.25, -0.2) is 0 Å². The van der Waals surface area contributed by atoms with Gasteiger partial charge in [0.15, 0.2) is 5.96 Å². The van der Waals surface area contributed by atoms with Crippen molar-refractivity contribution in [3.05, 3.63) is 12.2 Å². The Labute approximate surface area is 180 Å². The van der Waals surface area contributed by atoms with Crippen molar-refractivity contribution in [1.29, 1.82) is 0 Å². The Hall–Kier alpha value is -1.89. The Morgan fingerprint density at radius 2 is 1.87 bits per heavy atom. The first-order valence-corrected chi connectivity index (χ1v) is 11.7. The average Bonchev–Trinajstić information content (AvgIpc) is 3.42. The second kappa shape index (κ2) is 9.08. The molecule has 7 heteroatoms. The number of hydrogen-bond acceptors (Lipinski definition) is 4. The van der Waals surface area contributed by atoms with Gasteiger partial charge in [-0.15, -0.1) is 0 Å². The van der Waals surface area contributed by atoms with E-state index in [9.17, 15) is 9.59 Å². The van der Waals surface area contributed by atoms with Gasteiger partial charge in [-0.2, -0.15) is 0 Å². The summed E-state index contributed by atoms with van der Waals surface area (Å²) in [6.45, 7) is 7.80. The van der Waals surface area contributed by atoms with Crippen LogP contribution in [-0.2, 0) is 9.59 Å². The smallest absolute Gasteiger partial charge is 0.233 e. The van der Waals surface area contributed by atoms with Gasteiger partial charge in [-0.05, 0) is 57.9 Å². The van der Waals surface area contributed by atoms with Crippen molar-refractivity contribution in [2.75, 3.05) is 33.2 Å². The van der Waals surface area contributed by atoms with Crippen molar-refractivity contribution in [3.8, 4) is 0 Å². The average molecular weight is 416 g/mol. The van der Waals surface area contributed by atoms with Gasteiger partial charge in [0.1, 0.15) is 0 Å². The van der Waals surface area contributed by atoms with E-state index in [-0.39, 0.29) is 35.5 Å². The summed E-state index contributed by atoms with van der Waals surface area (Å²) in [5.74, 6) is 1.27. The second-order valence-electron chi connectivity index (χ2n) is 9.49. The molecule has 1 saturated carbocycles. The van der Waals surface area contributed by atoms with E-state index in [2.05, 4.69) is 46.5 Å². The van der Waals surface area contributed by atoms with E-state index in [0.29, 0.717) is 25.2 Å². The van der Waals surface area contributed by atoms with Crippen molar-refractivity contribution in [1.82, 2.24) is 20.4 Å². The zero-order valence-corrected chi connectivity index (χ0v) is 18.6. The first-order valence-electron chi connectivity index (χ1n) is 11.7. The van der Waals surface area contributed by atoms with Crippen LogP contribution in [0.1, 0.15) is 46.0 Å². The van der Waals surface area contributed by atoms with Gasteiger partial charge in [0.2, 0.25) is 11.8 Å². The predicted molar refractivity (Wildman–Crippen MR) is 118 cm³/mol. The molecular formula is C23H37N5O2. The fraction of sp³-hybridized carbons (Fsp3) is 0.783. The molecule has 2 N–H and O–H groups in total. The topological polar surface area (TPSA) is 77.0 Å². The highest BCUT2D eigenvalue weighted by molar-refractivity contribution is 6.06. The van der Waals surface area contributed by atoms with Crippen molar-refractivity contribution >= 4 is 17.8 Å². The maximum Gasteiger partial charge on any atom is 0.233 e. The normalized spacial score (nSPS) is 34.6. The lowest BCUT2D eigenvalue weighted by atomic mass is 9.85. The number of fused-ring (bicyclic) bond motifs is 5. The number of allylic oxidation sites excluding steroid dienone is 2. The Morgan fingerprint density at radius 3 is 2.50 bits per heavy atom. The molecule has 4 aliphatic rings. The lowest BCUT2D eigenvalue weighted by Crippen LogP contribution is -2.50. The molecule has 2 saturated heterocycles. The third kappa shape index (κ3) is 4.01. The number of nitrogens with zero attached hydrogens (tertiary/aromatic N) is 3. The molecule has 0 aromatic carbocycles. The van der Waals surface area contributed by atoms with Crippen LogP contribution >= 0.6 is 0 Å². The summed E-state index contributed by atoms with van der Waals surface area (Å²) in [5, 5.41) is 6.76. The summed E-state index contributed by atoms with van der Waals surface area (Å²) in [4.78, 5) is 33.9. The molecule has 6 unspecified atom stereocenters. The predicted octanol–water partition coefficient (Wildman–Crippen LogP) is 1.61. The fourth-order valence-electron chi connectivity index (χ4n) is 5.99. The molecule has 3 fully saturated rings. The second-order valence-corrected chi connectivity index (χ2v) is 9.49.